The van der Waals surface area contributed by atoms with Crippen molar-refractivity contribution >= 4 is 0 Å². The fourth-order valence-electron chi connectivity index (χ4n) is 0.144. The molecular weight excluding hydrogens is 108 g/mol. The summed E-state index contributed by atoms with van der Waals surface area (Å²) in [5, 5.41) is 14.0. The minimum Gasteiger partial charge on any atom is -0.400 e. The first-order chi connectivity index (χ1) is 4.00. The zero-order valence-corrected chi connectivity index (χ0v) is 5.42. The van der Waals surface area contributed by atoms with Gasteiger partial charge in [0.2, 0.25) is 0 Å². The van der Waals surface area contributed by atoms with Crippen LogP contribution >= 0.6 is 0 Å². The maximum atomic E-state index is 7.00. The zero-order chi connectivity index (χ0) is 6.83. The molecular formula is C5H14O3. The van der Waals surface area contributed by atoms with Gasteiger partial charge in [-0.3, -0.25) is 0 Å². The maximum absolute atomic E-state index is 7.00. The van der Waals surface area contributed by atoms with Gasteiger partial charge in [-0.25, -0.2) is 0 Å². The number of aliphatic hydroxyl groups excluding tert-OH is 2. The summed E-state index contributed by atoms with van der Waals surface area (Å²) in [6, 6.07) is 0. The minimum atomic E-state index is 1.00. The molecule has 1 rings (SSSR count). The Kier molecular flexibility index (Phi) is 21.3. The van der Waals surface area contributed by atoms with Gasteiger partial charge < -0.3 is 14.9 Å². The highest BCUT2D eigenvalue weighted by Gasteiger charge is 1.94. The van der Waals surface area contributed by atoms with Crippen LogP contribution in [0.3, 0.4) is 0 Å². The molecule has 0 aromatic heterocycles. The Morgan fingerprint density at radius 1 is 1.00 bits per heavy atom. The van der Waals surface area contributed by atoms with Crippen molar-refractivity contribution in [1.29, 1.82) is 0 Å². The Morgan fingerprint density at radius 2 is 1.12 bits per heavy atom. The Hall–Kier alpha value is -0.120. The molecule has 0 spiro atoms. The molecule has 3 nitrogen and oxygen atoms in total. The van der Waals surface area contributed by atoms with E-state index < -0.39 is 0 Å². The number of hydrogen-bond acceptors (Lipinski definition) is 3. The van der Waals surface area contributed by atoms with Crippen molar-refractivity contribution < 1.29 is 14.9 Å². The zero-order valence-electron chi connectivity index (χ0n) is 5.42. The lowest BCUT2D eigenvalue weighted by Gasteiger charge is -2.09. The highest BCUT2D eigenvalue weighted by atomic mass is 16.5. The van der Waals surface area contributed by atoms with Crippen molar-refractivity contribution in [1.82, 2.24) is 0 Å². The van der Waals surface area contributed by atoms with E-state index in [0.29, 0.717) is 0 Å². The van der Waals surface area contributed by atoms with Gasteiger partial charge in [0.25, 0.3) is 0 Å². The number of aliphatic hydroxyl groups is 2. The van der Waals surface area contributed by atoms with Crippen LogP contribution < -0.4 is 0 Å². The van der Waals surface area contributed by atoms with E-state index >= 15 is 0 Å². The maximum Gasteiger partial charge on any atom is 0.0488 e. The fraction of sp³-hybridized carbons (Fsp3) is 1.00. The molecule has 0 amide bonds. The minimum absolute atomic E-state index is 1.00. The number of hydrogen-bond donors (Lipinski definition) is 2. The predicted molar refractivity (Wildman–Crippen MR) is 31.7 cm³/mol. The van der Waals surface area contributed by atoms with Gasteiger partial charge in [0, 0.05) is 27.4 Å². The van der Waals surface area contributed by atoms with Gasteiger partial charge in [-0.15, -0.1) is 0 Å². The summed E-state index contributed by atoms with van der Waals surface area (Å²) in [6.07, 6.45) is 1.28. The second-order valence-electron chi connectivity index (χ2n) is 0.966. The van der Waals surface area contributed by atoms with Gasteiger partial charge in [-0.1, -0.05) is 0 Å². The molecule has 3 heteroatoms. The Bertz CT molecular complexity index is 15.6. The molecule has 2 N–H and O–H groups in total. The lowest BCUT2D eigenvalue weighted by atomic mass is 10.4. The van der Waals surface area contributed by atoms with Gasteiger partial charge in [0.05, 0.1) is 0 Å². The summed E-state index contributed by atoms with van der Waals surface area (Å²) < 4.78 is 4.72. The van der Waals surface area contributed by atoms with Crippen molar-refractivity contribution in [3.8, 4) is 0 Å². The molecule has 0 saturated carbocycles. The normalized spacial score (nSPS) is 13.5. The molecule has 0 atom stereocenters. The number of rotatable bonds is 0. The smallest absolute Gasteiger partial charge is 0.0488 e. The average molecular weight is 122 g/mol. The van der Waals surface area contributed by atoms with E-state index in [1.807, 2.05) is 0 Å². The van der Waals surface area contributed by atoms with Crippen LogP contribution in [0, 0.1) is 0 Å². The molecule has 1 heterocycles. The Morgan fingerprint density at radius 3 is 1.12 bits per heavy atom. The third kappa shape index (κ3) is 9.30. The highest BCUT2D eigenvalue weighted by Crippen LogP contribution is 1.92. The third-order valence-electron chi connectivity index (χ3n) is 0.577. The first-order valence-corrected chi connectivity index (χ1v) is 2.47. The van der Waals surface area contributed by atoms with Crippen LogP contribution in [0.2, 0.25) is 0 Å². The summed E-state index contributed by atoms with van der Waals surface area (Å²) >= 11 is 0. The lowest BCUT2D eigenvalue weighted by molar-refractivity contribution is 0.0367. The molecule has 0 unspecified atom stereocenters. The monoisotopic (exact) mass is 122 g/mol. The quantitative estimate of drug-likeness (QED) is 0.460. The van der Waals surface area contributed by atoms with E-state index in [-0.39, 0.29) is 0 Å². The molecule has 8 heavy (non-hydrogen) atoms. The lowest BCUT2D eigenvalue weighted by Crippen LogP contribution is -2.09. The molecule has 52 valence electrons. The molecule has 0 aliphatic carbocycles. The van der Waals surface area contributed by atoms with Crippen molar-refractivity contribution in [3.05, 3.63) is 0 Å². The molecule has 1 aliphatic rings. The third-order valence-corrected chi connectivity index (χ3v) is 0.577. The SMILES string of the molecule is C1COC1.CO.CO. The van der Waals surface area contributed by atoms with Gasteiger partial charge in [-0.2, -0.15) is 0 Å². The summed E-state index contributed by atoms with van der Waals surface area (Å²) in [6.45, 7) is 2.00. The first-order valence-electron chi connectivity index (χ1n) is 2.47. The van der Waals surface area contributed by atoms with E-state index in [1.165, 1.54) is 6.42 Å². The van der Waals surface area contributed by atoms with Crippen LogP contribution in [0.15, 0.2) is 0 Å². The standard InChI is InChI=1S/C3H6O.2CH4O/c1-2-4-3-1;2*1-2/h1-3H2;2*2H,1H3. The van der Waals surface area contributed by atoms with E-state index in [1.54, 1.807) is 0 Å². The van der Waals surface area contributed by atoms with E-state index in [2.05, 4.69) is 0 Å². The summed E-state index contributed by atoms with van der Waals surface area (Å²) in [5.41, 5.74) is 0. The van der Waals surface area contributed by atoms with Crippen LogP contribution in [0.1, 0.15) is 6.42 Å². The first kappa shape index (κ1) is 10.8. The van der Waals surface area contributed by atoms with Crippen LogP contribution in [0.25, 0.3) is 0 Å². The van der Waals surface area contributed by atoms with E-state index in [0.717, 1.165) is 27.4 Å². The number of ether oxygens (including phenoxy) is 1. The molecule has 0 radical (unpaired) electrons. The van der Waals surface area contributed by atoms with Gasteiger partial charge in [-0.05, 0) is 6.42 Å². The van der Waals surface area contributed by atoms with Crippen LogP contribution in [-0.4, -0.2) is 37.6 Å². The summed E-state index contributed by atoms with van der Waals surface area (Å²) in [7, 11) is 2.00. The fourth-order valence-corrected chi connectivity index (χ4v) is 0.144. The topological polar surface area (TPSA) is 49.7 Å². The van der Waals surface area contributed by atoms with E-state index in [9.17, 15) is 0 Å². The second kappa shape index (κ2) is 15.8. The highest BCUT2D eigenvalue weighted by molar-refractivity contribution is 4.41. The molecule has 1 aliphatic heterocycles. The van der Waals surface area contributed by atoms with Crippen LogP contribution in [0.4, 0.5) is 0 Å². The van der Waals surface area contributed by atoms with Crippen LogP contribution in [0.5, 0.6) is 0 Å². The molecule has 0 aromatic carbocycles. The molecule has 0 bridgehead atoms. The van der Waals surface area contributed by atoms with Crippen molar-refractivity contribution in [2.45, 2.75) is 6.42 Å². The Labute approximate surface area is 49.9 Å². The van der Waals surface area contributed by atoms with Crippen molar-refractivity contribution in [2.24, 2.45) is 0 Å². The van der Waals surface area contributed by atoms with Crippen molar-refractivity contribution in [3.63, 3.8) is 0 Å². The predicted octanol–water partition coefficient (Wildman–Crippen LogP) is -0.376. The van der Waals surface area contributed by atoms with Gasteiger partial charge in [0.15, 0.2) is 0 Å². The summed E-state index contributed by atoms with van der Waals surface area (Å²) in [5.74, 6) is 0. The van der Waals surface area contributed by atoms with Gasteiger partial charge in [0.1, 0.15) is 0 Å². The van der Waals surface area contributed by atoms with Gasteiger partial charge >= 0.3 is 0 Å². The largest absolute Gasteiger partial charge is 0.400 e. The molecule has 1 saturated heterocycles. The summed E-state index contributed by atoms with van der Waals surface area (Å²) in [4.78, 5) is 0. The Balaban J connectivity index is 0. The average Bonchev–Trinajstić information content (AvgIpc) is 1.72. The van der Waals surface area contributed by atoms with Crippen molar-refractivity contribution in [2.75, 3.05) is 27.4 Å². The molecule has 0 aromatic rings. The molecule has 1 fully saturated rings. The second-order valence-corrected chi connectivity index (χ2v) is 0.966. The van der Waals surface area contributed by atoms with E-state index in [4.69, 9.17) is 14.9 Å². The van der Waals surface area contributed by atoms with Crippen LogP contribution in [-0.2, 0) is 4.74 Å².